The van der Waals surface area contributed by atoms with Gasteiger partial charge >= 0.3 is 0 Å². The molecule has 1 aliphatic rings. The maximum atomic E-state index is 8.65. The SMILES string of the molecule is CC(C#N)CNC(C)CN1CCOCC1. The minimum absolute atomic E-state index is 0.0946. The maximum Gasteiger partial charge on any atom is 0.0666 e. The van der Waals surface area contributed by atoms with E-state index < -0.39 is 0 Å². The minimum atomic E-state index is 0.0946. The van der Waals surface area contributed by atoms with Crippen LogP contribution < -0.4 is 5.32 Å². The molecule has 2 atom stereocenters. The summed E-state index contributed by atoms with van der Waals surface area (Å²) >= 11 is 0. The highest BCUT2D eigenvalue weighted by Gasteiger charge is 2.13. The number of morpholine rings is 1. The van der Waals surface area contributed by atoms with Crippen LogP contribution in [0.2, 0.25) is 0 Å². The first-order valence-electron chi connectivity index (χ1n) is 5.65. The Morgan fingerprint density at radius 1 is 1.40 bits per heavy atom. The second-order valence-electron chi connectivity index (χ2n) is 4.25. The minimum Gasteiger partial charge on any atom is -0.379 e. The lowest BCUT2D eigenvalue weighted by molar-refractivity contribution is 0.0343. The number of nitrogens with one attached hydrogen (secondary N) is 1. The van der Waals surface area contributed by atoms with Crippen molar-refractivity contribution in [1.29, 1.82) is 5.26 Å². The lowest BCUT2D eigenvalue weighted by Gasteiger charge is -2.29. The van der Waals surface area contributed by atoms with Gasteiger partial charge in [0.1, 0.15) is 0 Å². The summed E-state index contributed by atoms with van der Waals surface area (Å²) in [5.41, 5.74) is 0. The number of hydrogen-bond acceptors (Lipinski definition) is 4. The molecule has 0 spiro atoms. The molecule has 4 nitrogen and oxygen atoms in total. The highest BCUT2D eigenvalue weighted by molar-refractivity contribution is 4.81. The summed E-state index contributed by atoms with van der Waals surface area (Å²) in [6, 6.07) is 2.67. The Kier molecular flexibility index (Phi) is 5.62. The average molecular weight is 211 g/mol. The lowest BCUT2D eigenvalue weighted by Crippen LogP contribution is -2.45. The van der Waals surface area contributed by atoms with Crippen LogP contribution in [0.15, 0.2) is 0 Å². The molecule has 1 saturated heterocycles. The van der Waals surface area contributed by atoms with E-state index in [9.17, 15) is 0 Å². The Hall–Kier alpha value is -0.630. The van der Waals surface area contributed by atoms with E-state index in [1.54, 1.807) is 0 Å². The molecule has 0 saturated carbocycles. The number of nitriles is 1. The maximum absolute atomic E-state index is 8.65. The molecule has 1 fully saturated rings. The van der Waals surface area contributed by atoms with Crippen LogP contribution in [0, 0.1) is 17.2 Å². The van der Waals surface area contributed by atoms with E-state index >= 15 is 0 Å². The van der Waals surface area contributed by atoms with Crippen molar-refractivity contribution in [1.82, 2.24) is 10.2 Å². The molecule has 0 aromatic carbocycles. The molecule has 4 heteroatoms. The second-order valence-corrected chi connectivity index (χ2v) is 4.25. The van der Waals surface area contributed by atoms with Gasteiger partial charge in [0, 0.05) is 32.2 Å². The molecular weight excluding hydrogens is 190 g/mol. The molecule has 1 aliphatic heterocycles. The van der Waals surface area contributed by atoms with Crippen molar-refractivity contribution in [3.63, 3.8) is 0 Å². The zero-order valence-corrected chi connectivity index (χ0v) is 9.70. The predicted molar refractivity (Wildman–Crippen MR) is 59.5 cm³/mol. The van der Waals surface area contributed by atoms with Crippen molar-refractivity contribution in [2.45, 2.75) is 19.9 Å². The van der Waals surface area contributed by atoms with Crippen molar-refractivity contribution in [3.8, 4) is 6.07 Å². The van der Waals surface area contributed by atoms with Crippen molar-refractivity contribution in [3.05, 3.63) is 0 Å². The molecule has 1 heterocycles. The van der Waals surface area contributed by atoms with Crippen molar-refractivity contribution in [2.24, 2.45) is 5.92 Å². The van der Waals surface area contributed by atoms with Gasteiger partial charge in [-0.3, -0.25) is 4.90 Å². The fourth-order valence-electron chi connectivity index (χ4n) is 1.66. The summed E-state index contributed by atoms with van der Waals surface area (Å²) in [5.74, 6) is 0.0946. The third kappa shape index (κ3) is 5.12. The van der Waals surface area contributed by atoms with E-state index in [4.69, 9.17) is 10.00 Å². The average Bonchev–Trinajstić information content (AvgIpc) is 2.27. The van der Waals surface area contributed by atoms with Crippen molar-refractivity contribution < 1.29 is 4.74 Å². The van der Waals surface area contributed by atoms with E-state index in [0.717, 1.165) is 39.4 Å². The molecule has 0 amide bonds. The molecule has 15 heavy (non-hydrogen) atoms. The third-order valence-electron chi connectivity index (χ3n) is 2.63. The summed E-state index contributed by atoms with van der Waals surface area (Å²) in [6.45, 7) is 9.68. The van der Waals surface area contributed by atoms with Crippen LogP contribution in [0.3, 0.4) is 0 Å². The van der Waals surface area contributed by atoms with Crippen LogP contribution in [0.4, 0.5) is 0 Å². The van der Waals surface area contributed by atoms with E-state index in [-0.39, 0.29) is 5.92 Å². The normalized spacial score (nSPS) is 21.9. The first-order chi connectivity index (χ1) is 7.22. The highest BCUT2D eigenvalue weighted by atomic mass is 16.5. The van der Waals surface area contributed by atoms with Crippen LogP contribution in [0.5, 0.6) is 0 Å². The van der Waals surface area contributed by atoms with E-state index in [0.29, 0.717) is 6.04 Å². The lowest BCUT2D eigenvalue weighted by atomic mass is 10.2. The van der Waals surface area contributed by atoms with Gasteiger partial charge in [0.25, 0.3) is 0 Å². The molecule has 0 bridgehead atoms. The smallest absolute Gasteiger partial charge is 0.0666 e. The zero-order chi connectivity index (χ0) is 11.1. The molecule has 86 valence electrons. The van der Waals surface area contributed by atoms with E-state index in [2.05, 4.69) is 23.2 Å². The molecule has 0 aromatic rings. The fourth-order valence-corrected chi connectivity index (χ4v) is 1.66. The molecule has 0 aromatic heterocycles. The number of nitrogens with zero attached hydrogens (tertiary/aromatic N) is 2. The Morgan fingerprint density at radius 3 is 2.67 bits per heavy atom. The van der Waals surface area contributed by atoms with Crippen LogP contribution in [-0.4, -0.2) is 50.3 Å². The van der Waals surface area contributed by atoms with Gasteiger partial charge in [-0.05, 0) is 13.8 Å². The first kappa shape index (κ1) is 12.4. The summed E-state index contributed by atoms with van der Waals surface area (Å²) in [6.07, 6.45) is 0. The summed E-state index contributed by atoms with van der Waals surface area (Å²) in [4.78, 5) is 2.40. The quantitative estimate of drug-likeness (QED) is 0.717. The van der Waals surface area contributed by atoms with E-state index in [1.165, 1.54) is 0 Å². The van der Waals surface area contributed by atoms with Gasteiger partial charge in [0.2, 0.25) is 0 Å². The van der Waals surface area contributed by atoms with Gasteiger partial charge < -0.3 is 10.1 Å². The first-order valence-corrected chi connectivity index (χ1v) is 5.65. The van der Waals surface area contributed by atoms with Crippen molar-refractivity contribution >= 4 is 0 Å². The molecule has 0 radical (unpaired) electrons. The van der Waals surface area contributed by atoms with Gasteiger partial charge in [-0.2, -0.15) is 5.26 Å². The fraction of sp³-hybridized carbons (Fsp3) is 0.909. The summed E-state index contributed by atoms with van der Waals surface area (Å²) in [5, 5.41) is 12.0. The molecular formula is C11H21N3O. The highest BCUT2D eigenvalue weighted by Crippen LogP contribution is 1.99. The zero-order valence-electron chi connectivity index (χ0n) is 9.70. The van der Waals surface area contributed by atoms with Gasteiger partial charge in [-0.25, -0.2) is 0 Å². The Labute approximate surface area is 92.2 Å². The standard InChI is InChI=1S/C11H21N3O/c1-10(7-12)8-13-11(2)9-14-3-5-15-6-4-14/h10-11,13H,3-6,8-9H2,1-2H3. The molecule has 1 rings (SSSR count). The topological polar surface area (TPSA) is 48.3 Å². The number of hydrogen-bond donors (Lipinski definition) is 1. The largest absolute Gasteiger partial charge is 0.379 e. The Balaban J connectivity index is 2.12. The second kappa shape index (κ2) is 6.78. The summed E-state index contributed by atoms with van der Waals surface area (Å²) < 4.78 is 5.29. The van der Waals surface area contributed by atoms with Crippen LogP contribution in [0.25, 0.3) is 0 Å². The molecule has 2 unspecified atom stereocenters. The van der Waals surface area contributed by atoms with Crippen LogP contribution >= 0.6 is 0 Å². The van der Waals surface area contributed by atoms with Gasteiger partial charge in [-0.15, -0.1) is 0 Å². The third-order valence-corrected chi connectivity index (χ3v) is 2.63. The summed E-state index contributed by atoms with van der Waals surface area (Å²) in [7, 11) is 0. The Bertz CT molecular complexity index is 208. The van der Waals surface area contributed by atoms with Crippen LogP contribution in [0.1, 0.15) is 13.8 Å². The van der Waals surface area contributed by atoms with Crippen molar-refractivity contribution in [2.75, 3.05) is 39.4 Å². The van der Waals surface area contributed by atoms with E-state index in [1.807, 2.05) is 6.92 Å². The van der Waals surface area contributed by atoms with Crippen LogP contribution in [-0.2, 0) is 4.74 Å². The number of ether oxygens (including phenoxy) is 1. The monoisotopic (exact) mass is 211 g/mol. The molecule has 0 aliphatic carbocycles. The van der Waals surface area contributed by atoms with Gasteiger partial charge in [0.15, 0.2) is 0 Å². The van der Waals surface area contributed by atoms with Gasteiger partial charge in [-0.1, -0.05) is 0 Å². The predicted octanol–water partition coefficient (Wildman–Crippen LogP) is 0.456. The van der Waals surface area contributed by atoms with Gasteiger partial charge in [0.05, 0.1) is 25.2 Å². The number of rotatable bonds is 5. The Morgan fingerprint density at radius 2 is 2.07 bits per heavy atom. The molecule has 1 N–H and O–H groups in total.